The van der Waals surface area contributed by atoms with Crippen molar-refractivity contribution in [1.29, 1.82) is 0 Å². The highest BCUT2D eigenvalue weighted by molar-refractivity contribution is 6.24. The Balaban J connectivity index is 1.87. The van der Waals surface area contributed by atoms with Crippen molar-refractivity contribution in [1.82, 2.24) is 0 Å². The Kier molecular flexibility index (Phi) is 4.93. The standard InChI is InChI=1S/C20H19NO5/c1-12-4-5-14(8-13(12)2)19(22)16(20(23)24-3)10-21-15-6-7-17-18(9-15)26-11-25-17/h4-10,21H,11H2,1-3H3/b16-10-. The molecule has 26 heavy (non-hydrogen) atoms. The Labute approximate surface area is 151 Å². The Bertz CT molecular complexity index is 901. The van der Waals surface area contributed by atoms with Crippen molar-refractivity contribution in [2.45, 2.75) is 13.8 Å². The molecule has 0 spiro atoms. The predicted octanol–water partition coefficient (Wildman–Crippen LogP) is 3.38. The third-order valence-corrected chi connectivity index (χ3v) is 4.17. The maximum atomic E-state index is 12.8. The van der Waals surface area contributed by atoms with E-state index in [9.17, 15) is 9.59 Å². The van der Waals surface area contributed by atoms with Crippen LogP contribution in [0.25, 0.3) is 0 Å². The van der Waals surface area contributed by atoms with E-state index in [1.54, 1.807) is 30.3 Å². The molecule has 0 unspecified atom stereocenters. The number of hydrogen-bond donors (Lipinski definition) is 1. The molecule has 0 aliphatic carbocycles. The summed E-state index contributed by atoms with van der Waals surface area (Å²) >= 11 is 0. The second-order valence-corrected chi connectivity index (χ2v) is 5.89. The zero-order valence-electron chi connectivity index (χ0n) is 14.8. The molecule has 2 aromatic rings. The maximum Gasteiger partial charge on any atom is 0.343 e. The molecule has 1 aliphatic rings. The van der Waals surface area contributed by atoms with Gasteiger partial charge >= 0.3 is 5.97 Å². The summed E-state index contributed by atoms with van der Waals surface area (Å²) < 4.78 is 15.3. The monoisotopic (exact) mass is 353 g/mol. The molecule has 0 bridgehead atoms. The fourth-order valence-corrected chi connectivity index (χ4v) is 2.51. The number of hydrogen-bond acceptors (Lipinski definition) is 6. The Morgan fingerprint density at radius 1 is 1.04 bits per heavy atom. The first kappa shape index (κ1) is 17.5. The summed E-state index contributed by atoms with van der Waals surface area (Å²) in [5.74, 6) is 0.136. The third-order valence-electron chi connectivity index (χ3n) is 4.17. The lowest BCUT2D eigenvalue weighted by atomic mass is 9.99. The number of methoxy groups -OCH3 is 1. The van der Waals surface area contributed by atoms with Crippen LogP contribution in [0.15, 0.2) is 48.2 Å². The van der Waals surface area contributed by atoms with Crippen LogP contribution < -0.4 is 14.8 Å². The van der Waals surface area contributed by atoms with Crippen molar-refractivity contribution in [2.75, 3.05) is 19.2 Å². The van der Waals surface area contributed by atoms with E-state index in [1.807, 2.05) is 19.9 Å². The first-order valence-electron chi connectivity index (χ1n) is 8.06. The number of ketones is 1. The molecule has 1 aliphatic heterocycles. The van der Waals surface area contributed by atoms with Crippen LogP contribution >= 0.6 is 0 Å². The molecule has 0 amide bonds. The van der Waals surface area contributed by atoms with Gasteiger partial charge in [-0.1, -0.05) is 12.1 Å². The van der Waals surface area contributed by atoms with Crippen molar-refractivity contribution in [2.24, 2.45) is 0 Å². The largest absolute Gasteiger partial charge is 0.465 e. The lowest BCUT2D eigenvalue weighted by Gasteiger charge is -2.09. The first-order chi connectivity index (χ1) is 12.5. The van der Waals surface area contributed by atoms with Gasteiger partial charge in [0.2, 0.25) is 12.6 Å². The Morgan fingerprint density at radius 3 is 2.54 bits per heavy atom. The van der Waals surface area contributed by atoms with Gasteiger partial charge in [0.05, 0.1) is 7.11 Å². The first-order valence-corrected chi connectivity index (χ1v) is 8.06. The number of aryl methyl sites for hydroxylation is 2. The van der Waals surface area contributed by atoms with Crippen LogP contribution in [0, 0.1) is 13.8 Å². The van der Waals surface area contributed by atoms with Crippen LogP contribution in [0.1, 0.15) is 21.5 Å². The van der Waals surface area contributed by atoms with Gasteiger partial charge in [0.25, 0.3) is 0 Å². The van der Waals surface area contributed by atoms with Gasteiger partial charge in [-0.2, -0.15) is 0 Å². The summed E-state index contributed by atoms with van der Waals surface area (Å²) in [5.41, 5.74) is 3.04. The number of carbonyl (C=O) groups is 2. The second kappa shape index (κ2) is 7.31. The van der Waals surface area contributed by atoms with Crippen LogP contribution in [0.4, 0.5) is 5.69 Å². The minimum Gasteiger partial charge on any atom is -0.465 e. The lowest BCUT2D eigenvalue weighted by Crippen LogP contribution is -2.16. The zero-order valence-corrected chi connectivity index (χ0v) is 14.8. The van der Waals surface area contributed by atoms with E-state index in [2.05, 4.69) is 5.32 Å². The summed E-state index contributed by atoms with van der Waals surface area (Å²) in [4.78, 5) is 24.9. The summed E-state index contributed by atoms with van der Waals surface area (Å²) in [6, 6.07) is 10.6. The normalized spacial score (nSPS) is 12.7. The molecule has 6 nitrogen and oxygen atoms in total. The Morgan fingerprint density at radius 2 is 1.81 bits per heavy atom. The summed E-state index contributed by atoms with van der Waals surface area (Å²) in [5, 5.41) is 2.95. The summed E-state index contributed by atoms with van der Waals surface area (Å²) in [7, 11) is 1.24. The molecule has 3 rings (SSSR count). The van der Waals surface area contributed by atoms with Crippen molar-refractivity contribution in [3.05, 3.63) is 64.9 Å². The van der Waals surface area contributed by atoms with Crippen molar-refractivity contribution < 1.29 is 23.8 Å². The molecule has 0 saturated carbocycles. The lowest BCUT2D eigenvalue weighted by molar-refractivity contribution is -0.135. The highest BCUT2D eigenvalue weighted by Crippen LogP contribution is 2.34. The highest BCUT2D eigenvalue weighted by Gasteiger charge is 2.21. The van der Waals surface area contributed by atoms with Gasteiger partial charge in [0.1, 0.15) is 5.57 Å². The number of rotatable bonds is 5. The number of fused-ring (bicyclic) bond motifs is 1. The van der Waals surface area contributed by atoms with Gasteiger partial charge in [0.15, 0.2) is 11.5 Å². The molecule has 0 fully saturated rings. The maximum absolute atomic E-state index is 12.8. The number of esters is 1. The summed E-state index contributed by atoms with van der Waals surface area (Å²) in [6.07, 6.45) is 1.35. The fourth-order valence-electron chi connectivity index (χ4n) is 2.51. The molecular weight excluding hydrogens is 334 g/mol. The second-order valence-electron chi connectivity index (χ2n) is 5.89. The van der Waals surface area contributed by atoms with Crippen LogP contribution in [-0.2, 0) is 9.53 Å². The van der Waals surface area contributed by atoms with E-state index < -0.39 is 11.8 Å². The number of carbonyl (C=O) groups excluding carboxylic acids is 2. The van der Waals surface area contributed by atoms with Gasteiger partial charge in [0, 0.05) is 23.5 Å². The van der Waals surface area contributed by atoms with Gasteiger partial charge in [-0.25, -0.2) is 4.79 Å². The molecule has 6 heteroatoms. The van der Waals surface area contributed by atoms with E-state index in [4.69, 9.17) is 14.2 Å². The van der Waals surface area contributed by atoms with E-state index in [0.29, 0.717) is 22.7 Å². The molecule has 0 radical (unpaired) electrons. The van der Waals surface area contributed by atoms with Gasteiger partial charge < -0.3 is 19.5 Å². The molecule has 0 saturated heterocycles. The van der Waals surface area contributed by atoms with Crippen LogP contribution in [0.5, 0.6) is 11.5 Å². The smallest absolute Gasteiger partial charge is 0.343 e. The zero-order chi connectivity index (χ0) is 18.7. The van der Waals surface area contributed by atoms with E-state index in [1.165, 1.54) is 13.3 Å². The molecule has 1 N–H and O–H groups in total. The fraction of sp³-hybridized carbons (Fsp3) is 0.200. The molecule has 0 atom stereocenters. The van der Waals surface area contributed by atoms with Crippen LogP contribution in [0.3, 0.4) is 0 Å². The number of nitrogens with one attached hydrogen (secondary N) is 1. The highest BCUT2D eigenvalue weighted by atomic mass is 16.7. The minimum absolute atomic E-state index is 0.0894. The van der Waals surface area contributed by atoms with E-state index >= 15 is 0 Å². The number of benzene rings is 2. The third kappa shape index (κ3) is 3.54. The molecule has 1 heterocycles. The van der Waals surface area contributed by atoms with Crippen molar-refractivity contribution >= 4 is 17.4 Å². The van der Waals surface area contributed by atoms with E-state index in [-0.39, 0.29) is 12.4 Å². The van der Waals surface area contributed by atoms with Crippen molar-refractivity contribution in [3.63, 3.8) is 0 Å². The Hall–Kier alpha value is -3.28. The van der Waals surface area contributed by atoms with Crippen LogP contribution in [0.2, 0.25) is 0 Å². The van der Waals surface area contributed by atoms with E-state index in [0.717, 1.165) is 11.1 Å². The number of anilines is 1. The SMILES string of the molecule is COC(=O)/C(=C\Nc1ccc2c(c1)OCO2)C(=O)c1ccc(C)c(C)c1. The number of ether oxygens (including phenoxy) is 3. The molecule has 134 valence electrons. The molecular formula is C20H19NO5. The quantitative estimate of drug-likeness (QED) is 0.292. The van der Waals surface area contributed by atoms with Gasteiger partial charge in [-0.15, -0.1) is 0 Å². The number of Topliss-reactive ketones (excluding diaryl/α,β-unsaturated/α-hetero) is 1. The van der Waals surface area contributed by atoms with Gasteiger partial charge in [-0.05, 0) is 43.2 Å². The molecule has 2 aromatic carbocycles. The average Bonchev–Trinajstić information content (AvgIpc) is 3.11. The average molecular weight is 353 g/mol. The topological polar surface area (TPSA) is 73.9 Å². The van der Waals surface area contributed by atoms with Crippen molar-refractivity contribution in [3.8, 4) is 11.5 Å². The van der Waals surface area contributed by atoms with Crippen LogP contribution in [-0.4, -0.2) is 25.7 Å². The van der Waals surface area contributed by atoms with Gasteiger partial charge in [-0.3, -0.25) is 4.79 Å². The molecule has 0 aromatic heterocycles. The summed E-state index contributed by atoms with van der Waals surface area (Å²) in [6.45, 7) is 4.05. The minimum atomic E-state index is -0.707. The predicted molar refractivity (Wildman–Crippen MR) is 96.5 cm³/mol.